The van der Waals surface area contributed by atoms with Gasteiger partial charge in [0.05, 0.1) is 0 Å². The van der Waals surface area contributed by atoms with Crippen LogP contribution in [-0.4, -0.2) is 16.2 Å². The molecule has 17 heavy (non-hydrogen) atoms. The Balaban J connectivity index is 1.95. The smallest absolute Gasteiger partial charge is 0.303 e. The van der Waals surface area contributed by atoms with Gasteiger partial charge in [-0.3, -0.25) is 4.79 Å². The predicted molar refractivity (Wildman–Crippen MR) is 59.0 cm³/mol. The molecule has 0 saturated heterocycles. The molecular weight excluding hydrogens is 222 g/mol. The van der Waals surface area contributed by atoms with Gasteiger partial charge in [-0.1, -0.05) is 17.3 Å². The Morgan fingerprint density at radius 3 is 2.65 bits per heavy atom. The third kappa shape index (κ3) is 3.34. The van der Waals surface area contributed by atoms with Crippen LogP contribution in [0.5, 0.6) is 11.5 Å². The summed E-state index contributed by atoms with van der Waals surface area (Å²) in [5.74, 6) is 0.394. The number of aryl methyl sites for hydroxylation is 1. The summed E-state index contributed by atoms with van der Waals surface area (Å²) in [6.45, 7) is 0. The average Bonchev–Trinajstić information content (AvgIpc) is 2.81. The molecule has 1 aromatic heterocycles. The van der Waals surface area contributed by atoms with Gasteiger partial charge in [0.1, 0.15) is 11.9 Å². The van der Waals surface area contributed by atoms with Crippen LogP contribution in [0.2, 0.25) is 0 Å². The normalized spacial score (nSPS) is 10.1. The van der Waals surface area contributed by atoms with E-state index >= 15 is 0 Å². The van der Waals surface area contributed by atoms with Crippen LogP contribution in [0.3, 0.4) is 0 Å². The van der Waals surface area contributed by atoms with E-state index in [0.717, 1.165) is 5.56 Å². The molecule has 5 nitrogen and oxygen atoms in total. The standard InChI is InChI=1S/C12H11NO4/c14-12(15)6-3-9-1-4-10(5-2-9)17-11-7-13-16-8-11/h1-2,4-5,7-8H,3,6H2,(H,14,15). The fraction of sp³-hybridized carbons (Fsp3) is 0.167. The summed E-state index contributed by atoms with van der Waals surface area (Å²) in [5, 5.41) is 12.1. The molecule has 0 aliphatic rings. The Hall–Kier alpha value is -2.30. The zero-order valence-electron chi connectivity index (χ0n) is 9.00. The number of ether oxygens (including phenoxy) is 1. The molecule has 1 N–H and O–H groups in total. The maximum Gasteiger partial charge on any atom is 0.303 e. The number of benzene rings is 1. The zero-order chi connectivity index (χ0) is 12.1. The number of rotatable bonds is 5. The van der Waals surface area contributed by atoms with Gasteiger partial charge in [-0.25, -0.2) is 0 Å². The largest absolute Gasteiger partial charge is 0.481 e. The lowest BCUT2D eigenvalue weighted by Gasteiger charge is -2.03. The first-order valence-electron chi connectivity index (χ1n) is 5.12. The predicted octanol–water partition coefficient (Wildman–Crippen LogP) is 2.48. The molecule has 88 valence electrons. The molecular formula is C12H11NO4. The Labute approximate surface area is 97.6 Å². The van der Waals surface area contributed by atoms with Crippen molar-refractivity contribution < 1.29 is 19.2 Å². The second-order valence-electron chi connectivity index (χ2n) is 3.50. The third-order valence-corrected chi connectivity index (χ3v) is 2.20. The number of aromatic nitrogens is 1. The van der Waals surface area contributed by atoms with Crippen LogP contribution in [0.15, 0.2) is 41.2 Å². The van der Waals surface area contributed by atoms with Crippen molar-refractivity contribution in [1.29, 1.82) is 0 Å². The highest BCUT2D eigenvalue weighted by Crippen LogP contribution is 2.21. The van der Waals surface area contributed by atoms with Crippen molar-refractivity contribution in [1.82, 2.24) is 5.16 Å². The highest BCUT2D eigenvalue weighted by atomic mass is 16.5. The molecule has 0 fully saturated rings. The second kappa shape index (κ2) is 5.16. The Bertz CT molecular complexity index is 476. The van der Waals surface area contributed by atoms with E-state index in [-0.39, 0.29) is 6.42 Å². The first-order valence-corrected chi connectivity index (χ1v) is 5.12. The highest BCUT2D eigenvalue weighted by Gasteiger charge is 2.01. The van der Waals surface area contributed by atoms with E-state index < -0.39 is 5.97 Å². The van der Waals surface area contributed by atoms with Crippen LogP contribution in [0.4, 0.5) is 0 Å². The highest BCUT2D eigenvalue weighted by molar-refractivity contribution is 5.67. The molecule has 0 amide bonds. The van der Waals surface area contributed by atoms with Crippen molar-refractivity contribution in [3.63, 3.8) is 0 Å². The molecule has 0 aliphatic carbocycles. The van der Waals surface area contributed by atoms with E-state index in [4.69, 9.17) is 9.84 Å². The van der Waals surface area contributed by atoms with Crippen LogP contribution in [0.1, 0.15) is 12.0 Å². The van der Waals surface area contributed by atoms with Gasteiger partial charge in [0, 0.05) is 6.42 Å². The molecule has 2 rings (SSSR count). The zero-order valence-corrected chi connectivity index (χ0v) is 9.00. The van der Waals surface area contributed by atoms with Gasteiger partial charge in [-0.2, -0.15) is 0 Å². The molecule has 2 aromatic rings. The van der Waals surface area contributed by atoms with Gasteiger partial charge in [-0.05, 0) is 24.1 Å². The number of hydrogen-bond donors (Lipinski definition) is 1. The van der Waals surface area contributed by atoms with E-state index in [1.807, 2.05) is 12.1 Å². The summed E-state index contributed by atoms with van der Waals surface area (Å²) in [7, 11) is 0. The molecule has 0 unspecified atom stereocenters. The maximum atomic E-state index is 10.4. The quantitative estimate of drug-likeness (QED) is 0.858. The van der Waals surface area contributed by atoms with Crippen molar-refractivity contribution in [3.05, 3.63) is 42.3 Å². The lowest BCUT2D eigenvalue weighted by atomic mass is 10.1. The van der Waals surface area contributed by atoms with Gasteiger partial charge in [-0.15, -0.1) is 0 Å². The van der Waals surface area contributed by atoms with Crippen LogP contribution >= 0.6 is 0 Å². The van der Waals surface area contributed by atoms with Crippen molar-refractivity contribution >= 4 is 5.97 Å². The Kier molecular flexibility index (Phi) is 3.40. The van der Waals surface area contributed by atoms with Crippen LogP contribution in [0.25, 0.3) is 0 Å². The number of aliphatic carboxylic acids is 1. The van der Waals surface area contributed by atoms with Gasteiger partial charge in [0.2, 0.25) is 0 Å². The molecule has 1 aromatic carbocycles. The van der Waals surface area contributed by atoms with Crippen molar-refractivity contribution in [2.24, 2.45) is 0 Å². The number of nitrogens with zero attached hydrogens (tertiary/aromatic N) is 1. The SMILES string of the molecule is O=C(O)CCc1ccc(Oc2cnoc2)cc1. The van der Waals surface area contributed by atoms with Crippen LogP contribution < -0.4 is 4.74 Å². The summed E-state index contributed by atoms with van der Waals surface area (Å²) in [5.41, 5.74) is 0.963. The lowest BCUT2D eigenvalue weighted by Crippen LogP contribution is -1.97. The minimum absolute atomic E-state index is 0.131. The average molecular weight is 233 g/mol. The van der Waals surface area contributed by atoms with Crippen LogP contribution in [0, 0.1) is 0 Å². The molecule has 5 heteroatoms. The fourth-order valence-corrected chi connectivity index (χ4v) is 1.36. The molecule has 0 bridgehead atoms. The van der Waals surface area contributed by atoms with Gasteiger partial charge >= 0.3 is 5.97 Å². The lowest BCUT2D eigenvalue weighted by molar-refractivity contribution is -0.136. The molecule has 0 atom stereocenters. The monoisotopic (exact) mass is 233 g/mol. The topological polar surface area (TPSA) is 72.6 Å². The minimum Gasteiger partial charge on any atom is -0.481 e. The second-order valence-corrected chi connectivity index (χ2v) is 3.50. The molecule has 0 radical (unpaired) electrons. The summed E-state index contributed by atoms with van der Waals surface area (Å²) in [6.07, 6.45) is 3.52. The van der Waals surface area contributed by atoms with E-state index in [9.17, 15) is 4.79 Å². The number of carbonyl (C=O) groups is 1. The molecule has 0 spiro atoms. The van der Waals surface area contributed by atoms with Crippen LogP contribution in [-0.2, 0) is 11.2 Å². The maximum absolute atomic E-state index is 10.4. The summed E-state index contributed by atoms with van der Waals surface area (Å²) in [6, 6.07) is 7.24. The number of carboxylic acid groups (broad SMARTS) is 1. The van der Waals surface area contributed by atoms with Crippen molar-refractivity contribution in [2.75, 3.05) is 0 Å². The van der Waals surface area contributed by atoms with Gasteiger partial charge in [0.25, 0.3) is 0 Å². The van der Waals surface area contributed by atoms with E-state index in [1.165, 1.54) is 12.5 Å². The van der Waals surface area contributed by atoms with Gasteiger partial charge < -0.3 is 14.4 Å². The minimum atomic E-state index is -0.796. The molecule has 0 aliphatic heterocycles. The van der Waals surface area contributed by atoms with Crippen molar-refractivity contribution in [2.45, 2.75) is 12.8 Å². The van der Waals surface area contributed by atoms with Crippen molar-refractivity contribution in [3.8, 4) is 11.5 Å². The first-order chi connectivity index (χ1) is 8.24. The van der Waals surface area contributed by atoms with E-state index in [1.54, 1.807) is 12.1 Å². The summed E-state index contributed by atoms with van der Waals surface area (Å²) >= 11 is 0. The Morgan fingerprint density at radius 2 is 2.06 bits per heavy atom. The van der Waals surface area contributed by atoms with E-state index in [2.05, 4.69) is 9.68 Å². The fourth-order valence-electron chi connectivity index (χ4n) is 1.36. The van der Waals surface area contributed by atoms with Gasteiger partial charge in [0.15, 0.2) is 12.0 Å². The van der Waals surface area contributed by atoms with E-state index in [0.29, 0.717) is 17.9 Å². The summed E-state index contributed by atoms with van der Waals surface area (Å²) < 4.78 is 10.1. The molecule has 1 heterocycles. The number of carboxylic acids is 1. The first kappa shape index (κ1) is 11.2. The number of hydrogen-bond acceptors (Lipinski definition) is 4. The Morgan fingerprint density at radius 1 is 1.29 bits per heavy atom. The third-order valence-electron chi connectivity index (χ3n) is 2.20. The molecule has 0 saturated carbocycles. The summed E-state index contributed by atoms with van der Waals surface area (Å²) in [4.78, 5) is 10.4.